The number of nitrogens with zero attached hydrogens (tertiary/aromatic N) is 1. The number of hydrogen-bond donors (Lipinski definition) is 2. The third-order valence-corrected chi connectivity index (χ3v) is 4.43. The monoisotopic (exact) mass is 478 g/mol. The van der Waals surface area contributed by atoms with E-state index in [0.717, 1.165) is 32.7 Å². The summed E-state index contributed by atoms with van der Waals surface area (Å²) in [5, 5.41) is 11.6. The zero-order valence-corrected chi connectivity index (χ0v) is 17.5. The number of para-hydroxylation sites is 1. The summed E-state index contributed by atoms with van der Waals surface area (Å²) in [5.41, 5.74) is 4.24. The first kappa shape index (κ1) is 23.1. The van der Waals surface area contributed by atoms with Gasteiger partial charge in [0.25, 0.3) is 0 Å². The number of carbonyl (C=O) groups is 1. The van der Waals surface area contributed by atoms with Crippen molar-refractivity contribution in [2.75, 3.05) is 5.32 Å². The first-order chi connectivity index (χ1) is 14.1. The van der Waals surface area contributed by atoms with Crippen LogP contribution in [-0.2, 0) is 13.2 Å². The molecule has 30 heavy (non-hydrogen) atoms. The van der Waals surface area contributed by atoms with E-state index in [0.29, 0.717) is 0 Å². The predicted molar refractivity (Wildman–Crippen MR) is 114 cm³/mol. The smallest absolute Gasteiger partial charge is 0.418 e. The Balaban J connectivity index is 0.000000222. The molecule has 0 aliphatic heterocycles. The summed E-state index contributed by atoms with van der Waals surface area (Å²) in [5.74, 6) is -1.58. The van der Waals surface area contributed by atoms with Crippen molar-refractivity contribution in [3.63, 3.8) is 0 Å². The summed E-state index contributed by atoms with van der Waals surface area (Å²) < 4.78 is 38.6. The van der Waals surface area contributed by atoms with Gasteiger partial charge in [-0.05, 0) is 23.8 Å². The van der Waals surface area contributed by atoms with Gasteiger partial charge in [-0.15, -0.1) is 5.73 Å². The van der Waals surface area contributed by atoms with E-state index in [1.165, 1.54) is 12.6 Å². The average molecular weight is 479 g/mol. The SMILES string of the molecule is C=C=CNc1ccccc1-c1ccc(Br)cc1.Cn1cc(C(=O)O)c(C(F)(F)F)c1. The number of hydrogen-bond acceptors (Lipinski definition) is 2. The molecule has 0 aliphatic carbocycles. The maximum atomic E-state index is 12.1. The van der Waals surface area contributed by atoms with Crippen molar-refractivity contribution in [3.8, 4) is 11.1 Å². The third-order valence-electron chi connectivity index (χ3n) is 3.90. The van der Waals surface area contributed by atoms with Crippen LogP contribution in [-0.4, -0.2) is 15.6 Å². The summed E-state index contributed by atoms with van der Waals surface area (Å²) >= 11 is 3.44. The molecule has 0 spiro atoms. The number of aryl methyl sites for hydroxylation is 1. The molecule has 2 N–H and O–H groups in total. The highest BCUT2D eigenvalue weighted by Crippen LogP contribution is 2.32. The first-order valence-corrected chi connectivity index (χ1v) is 9.35. The summed E-state index contributed by atoms with van der Waals surface area (Å²) in [6.45, 7) is 3.54. The Morgan fingerprint density at radius 2 is 1.80 bits per heavy atom. The van der Waals surface area contributed by atoms with Crippen LogP contribution in [0.2, 0.25) is 0 Å². The Kier molecular flexibility index (Phi) is 7.69. The number of carboxylic acids is 1. The molecule has 0 unspecified atom stereocenters. The number of aromatic carboxylic acids is 1. The molecule has 3 rings (SSSR count). The molecule has 0 saturated heterocycles. The van der Waals surface area contributed by atoms with Crippen LogP contribution in [0.4, 0.5) is 18.9 Å². The van der Waals surface area contributed by atoms with E-state index in [9.17, 15) is 18.0 Å². The van der Waals surface area contributed by atoms with Gasteiger partial charge in [0.15, 0.2) is 0 Å². The Morgan fingerprint density at radius 3 is 2.33 bits per heavy atom. The Bertz CT molecular complexity index is 1070. The largest absolute Gasteiger partial charge is 0.478 e. The fraction of sp³-hybridized carbons (Fsp3) is 0.0909. The molecule has 0 amide bonds. The molecule has 0 saturated carbocycles. The van der Waals surface area contributed by atoms with Gasteiger partial charge in [0.05, 0.1) is 11.1 Å². The Morgan fingerprint density at radius 1 is 1.17 bits per heavy atom. The Labute approximate surface area is 180 Å². The highest BCUT2D eigenvalue weighted by atomic mass is 79.9. The topological polar surface area (TPSA) is 54.3 Å². The fourth-order valence-corrected chi connectivity index (χ4v) is 2.86. The number of alkyl halides is 3. The molecule has 156 valence electrons. The van der Waals surface area contributed by atoms with E-state index in [4.69, 9.17) is 5.11 Å². The van der Waals surface area contributed by atoms with E-state index < -0.39 is 23.3 Å². The molecule has 0 radical (unpaired) electrons. The van der Waals surface area contributed by atoms with Gasteiger partial charge in [0.2, 0.25) is 0 Å². The van der Waals surface area contributed by atoms with Crippen molar-refractivity contribution in [2.45, 2.75) is 6.18 Å². The molecule has 0 fully saturated rings. The molecule has 8 heteroatoms. The van der Waals surface area contributed by atoms with Crippen LogP contribution in [0, 0.1) is 0 Å². The summed E-state index contributed by atoms with van der Waals surface area (Å²) in [7, 11) is 1.34. The van der Waals surface area contributed by atoms with Gasteiger partial charge < -0.3 is 15.0 Å². The highest BCUT2D eigenvalue weighted by Gasteiger charge is 2.36. The Hall–Kier alpha value is -3.22. The molecule has 2 aromatic carbocycles. The molecule has 4 nitrogen and oxygen atoms in total. The maximum Gasteiger partial charge on any atom is 0.418 e. The second-order valence-electron chi connectivity index (χ2n) is 6.10. The van der Waals surface area contributed by atoms with Gasteiger partial charge in [-0.3, -0.25) is 0 Å². The van der Waals surface area contributed by atoms with Crippen LogP contribution in [0.15, 0.2) is 83.9 Å². The minimum Gasteiger partial charge on any atom is -0.478 e. The fourth-order valence-electron chi connectivity index (χ4n) is 2.60. The first-order valence-electron chi connectivity index (χ1n) is 8.55. The van der Waals surface area contributed by atoms with Gasteiger partial charge in [-0.2, -0.15) is 13.2 Å². The highest BCUT2D eigenvalue weighted by molar-refractivity contribution is 9.10. The minimum atomic E-state index is -4.62. The van der Waals surface area contributed by atoms with Gasteiger partial charge in [0.1, 0.15) is 0 Å². The quantitative estimate of drug-likeness (QED) is 0.417. The minimum absolute atomic E-state index is 0.727. The maximum absolute atomic E-state index is 12.1. The molecule has 0 aliphatic rings. The van der Waals surface area contributed by atoms with Crippen LogP contribution < -0.4 is 5.32 Å². The van der Waals surface area contributed by atoms with Gasteiger partial charge in [0, 0.05) is 41.4 Å². The molecular formula is C22H18BrF3N2O2. The van der Waals surface area contributed by atoms with E-state index in [-0.39, 0.29) is 0 Å². The molecule has 0 bridgehead atoms. The molecule has 3 aromatic rings. The van der Waals surface area contributed by atoms with E-state index in [1.807, 2.05) is 30.3 Å². The van der Waals surface area contributed by atoms with Crippen LogP contribution in [0.5, 0.6) is 0 Å². The summed E-state index contributed by atoms with van der Waals surface area (Å²) in [4.78, 5) is 10.4. The van der Waals surface area contributed by atoms with Crippen LogP contribution in [0.25, 0.3) is 11.1 Å². The van der Waals surface area contributed by atoms with Crippen molar-refractivity contribution >= 4 is 27.6 Å². The standard InChI is InChI=1S/C15H12BrN.C7H6F3NO2/c1-2-11-17-15-6-4-3-5-14(15)12-7-9-13(16)10-8-12;1-11-2-4(6(12)13)5(3-11)7(8,9)10/h3-11,17H,1H2;2-3H,1H3,(H,12,13). The third kappa shape index (κ3) is 6.14. The van der Waals surface area contributed by atoms with Crippen LogP contribution >= 0.6 is 15.9 Å². The number of anilines is 1. The number of aromatic nitrogens is 1. The summed E-state index contributed by atoms with van der Waals surface area (Å²) in [6.07, 6.45) is -1.25. The van der Waals surface area contributed by atoms with Crippen molar-refractivity contribution in [3.05, 3.63) is 95.0 Å². The van der Waals surface area contributed by atoms with Gasteiger partial charge in [-0.25, -0.2) is 4.79 Å². The number of benzene rings is 2. The number of halogens is 4. The lowest BCUT2D eigenvalue weighted by Gasteiger charge is -2.09. The zero-order valence-electron chi connectivity index (χ0n) is 15.9. The number of nitrogens with one attached hydrogen (secondary N) is 1. The second-order valence-corrected chi connectivity index (χ2v) is 7.01. The molecular weight excluding hydrogens is 461 g/mol. The van der Waals surface area contributed by atoms with Gasteiger partial charge >= 0.3 is 12.1 Å². The van der Waals surface area contributed by atoms with Gasteiger partial charge in [-0.1, -0.05) is 52.8 Å². The lowest BCUT2D eigenvalue weighted by molar-refractivity contribution is -0.138. The van der Waals surface area contributed by atoms with Crippen molar-refractivity contribution in [1.82, 2.24) is 4.57 Å². The van der Waals surface area contributed by atoms with Crippen LogP contribution in [0.3, 0.4) is 0 Å². The lowest BCUT2D eigenvalue weighted by Crippen LogP contribution is -2.09. The molecule has 1 heterocycles. The van der Waals surface area contributed by atoms with Crippen molar-refractivity contribution < 1.29 is 23.1 Å². The number of carboxylic acid groups (broad SMARTS) is 1. The van der Waals surface area contributed by atoms with E-state index >= 15 is 0 Å². The predicted octanol–water partition coefficient (Wildman–Crippen LogP) is 6.57. The summed E-state index contributed by atoms with van der Waals surface area (Å²) in [6, 6.07) is 16.4. The van der Waals surface area contributed by atoms with Crippen molar-refractivity contribution in [2.24, 2.45) is 7.05 Å². The normalized spacial score (nSPS) is 10.4. The van der Waals surface area contributed by atoms with E-state index in [1.54, 1.807) is 6.20 Å². The van der Waals surface area contributed by atoms with Crippen molar-refractivity contribution in [1.29, 1.82) is 0 Å². The zero-order chi connectivity index (χ0) is 22.3. The molecule has 0 atom stereocenters. The molecule has 1 aromatic heterocycles. The second kappa shape index (κ2) is 10.0. The van der Waals surface area contributed by atoms with E-state index in [2.05, 4.69) is 51.8 Å². The number of rotatable bonds is 4. The van der Waals surface area contributed by atoms with Crippen LogP contribution in [0.1, 0.15) is 15.9 Å². The average Bonchev–Trinajstić information content (AvgIpc) is 3.11. The lowest BCUT2D eigenvalue weighted by atomic mass is 10.0.